The topological polar surface area (TPSA) is 30.5 Å². The molecule has 0 bridgehead atoms. The molecule has 0 saturated carbocycles. The Balaban J connectivity index is 1.81. The highest BCUT2D eigenvalue weighted by Gasteiger charge is 2.14. The first-order valence-electron chi connectivity index (χ1n) is 9.58. The maximum atomic E-state index is 13.9. The molecule has 3 rings (SSSR count). The lowest BCUT2D eigenvalue weighted by atomic mass is 10.0. The number of rotatable bonds is 9. The van der Waals surface area contributed by atoms with Crippen LogP contribution in [0.25, 0.3) is 0 Å². The molecule has 150 valence electrons. The van der Waals surface area contributed by atoms with Crippen molar-refractivity contribution in [2.75, 3.05) is 12.4 Å². The van der Waals surface area contributed by atoms with Crippen molar-refractivity contribution in [2.45, 2.75) is 26.5 Å². The van der Waals surface area contributed by atoms with E-state index in [0.717, 1.165) is 16.8 Å². The third-order valence-electron chi connectivity index (χ3n) is 4.65. The van der Waals surface area contributed by atoms with E-state index in [1.807, 2.05) is 12.1 Å². The maximum absolute atomic E-state index is 13.9. The molecule has 0 heterocycles. The largest absolute Gasteiger partial charge is 0.493 e. The third-order valence-corrected chi connectivity index (χ3v) is 4.65. The normalized spacial score (nSPS) is 10.4. The molecular formula is C25H26FNO2. The number of allylic oxidation sites excluding steroid dienone is 1. The van der Waals surface area contributed by atoms with E-state index >= 15 is 0 Å². The Labute approximate surface area is 171 Å². The summed E-state index contributed by atoms with van der Waals surface area (Å²) in [7, 11) is 1.61. The molecule has 0 amide bonds. The van der Waals surface area contributed by atoms with Crippen molar-refractivity contribution in [3.63, 3.8) is 0 Å². The van der Waals surface area contributed by atoms with Crippen LogP contribution >= 0.6 is 0 Å². The van der Waals surface area contributed by atoms with E-state index in [2.05, 4.69) is 49.2 Å². The summed E-state index contributed by atoms with van der Waals surface area (Å²) in [6.45, 7) is 6.69. The van der Waals surface area contributed by atoms with Crippen LogP contribution in [0.5, 0.6) is 11.5 Å². The van der Waals surface area contributed by atoms with Crippen LogP contribution in [0.1, 0.15) is 22.3 Å². The molecule has 3 nitrogen and oxygen atoms in total. The van der Waals surface area contributed by atoms with E-state index in [1.54, 1.807) is 25.3 Å². The molecule has 4 heteroatoms. The molecule has 0 aromatic heterocycles. The number of aryl methyl sites for hydroxylation is 1. The van der Waals surface area contributed by atoms with Gasteiger partial charge in [0.1, 0.15) is 12.4 Å². The van der Waals surface area contributed by atoms with Crippen LogP contribution < -0.4 is 14.8 Å². The van der Waals surface area contributed by atoms with Crippen LogP contribution in [0.4, 0.5) is 10.1 Å². The molecule has 0 atom stereocenters. The monoisotopic (exact) mass is 391 g/mol. The fraction of sp³-hybridized carbons (Fsp3) is 0.200. The molecule has 0 spiro atoms. The summed E-state index contributed by atoms with van der Waals surface area (Å²) in [6, 6.07) is 18.9. The zero-order chi connectivity index (χ0) is 20.6. The second-order valence-electron chi connectivity index (χ2n) is 6.88. The molecule has 29 heavy (non-hydrogen) atoms. The summed E-state index contributed by atoms with van der Waals surface area (Å²) in [5.74, 6) is 0.965. The number of ether oxygens (including phenoxy) is 2. The van der Waals surface area contributed by atoms with Gasteiger partial charge < -0.3 is 14.8 Å². The van der Waals surface area contributed by atoms with Crippen LogP contribution in [0.2, 0.25) is 0 Å². The van der Waals surface area contributed by atoms with Gasteiger partial charge in [-0.25, -0.2) is 4.39 Å². The summed E-state index contributed by atoms with van der Waals surface area (Å²) < 4.78 is 25.5. The van der Waals surface area contributed by atoms with Gasteiger partial charge in [-0.1, -0.05) is 42.0 Å². The lowest BCUT2D eigenvalue weighted by Gasteiger charge is -2.17. The van der Waals surface area contributed by atoms with Gasteiger partial charge in [0.25, 0.3) is 0 Å². The Morgan fingerprint density at radius 3 is 2.48 bits per heavy atom. The first kappa shape index (κ1) is 20.5. The van der Waals surface area contributed by atoms with Gasteiger partial charge in [-0.3, -0.25) is 0 Å². The second kappa shape index (κ2) is 9.78. The van der Waals surface area contributed by atoms with Gasteiger partial charge in [0.15, 0.2) is 11.5 Å². The number of hydrogen-bond acceptors (Lipinski definition) is 3. The Kier molecular flexibility index (Phi) is 6.90. The van der Waals surface area contributed by atoms with Gasteiger partial charge in [-0.2, -0.15) is 0 Å². The van der Waals surface area contributed by atoms with Crippen LogP contribution in [0, 0.1) is 12.7 Å². The maximum Gasteiger partial charge on any atom is 0.165 e. The van der Waals surface area contributed by atoms with Crippen molar-refractivity contribution < 1.29 is 13.9 Å². The zero-order valence-corrected chi connectivity index (χ0v) is 16.9. The van der Waals surface area contributed by atoms with E-state index in [9.17, 15) is 4.39 Å². The van der Waals surface area contributed by atoms with E-state index < -0.39 is 0 Å². The summed E-state index contributed by atoms with van der Waals surface area (Å²) >= 11 is 0. The number of nitrogens with one attached hydrogen (secondary N) is 1. The van der Waals surface area contributed by atoms with E-state index in [4.69, 9.17) is 9.47 Å². The van der Waals surface area contributed by atoms with Crippen molar-refractivity contribution in [1.82, 2.24) is 0 Å². The molecule has 0 fully saturated rings. The Morgan fingerprint density at radius 1 is 1.03 bits per heavy atom. The predicted molar refractivity (Wildman–Crippen MR) is 116 cm³/mol. The molecule has 0 aliphatic carbocycles. The van der Waals surface area contributed by atoms with Crippen LogP contribution in [-0.2, 0) is 19.6 Å². The van der Waals surface area contributed by atoms with E-state index in [1.165, 1.54) is 11.6 Å². The number of halogens is 1. The smallest absolute Gasteiger partial charge is 0.165 e. The van der Waals surface area contributed by atoms with Crippen LogP contribution in [-0.4, -0.2) is 7.11 Å². The SMILES string of the molecule is C=CCc1cc(CNc2ccc(C)cc2)cc(OC)c1OCc1ccccc1F. The van der Waals surface area contributed by atoms with Crippen LogP contribution in [0.15, 0.2) is 73.3 Å². The summed E-state index contributed by atoms with van der Waals surface area (Å²) in [4.78, 5) is 0. The molecule has 3 aromatic carbocycles. The molecule has 1 N–H and O–H groups in total. The van der Waals surface area contributed by atoms with Crippen LogP contribution in [0.3, 0.4) is 0 Å². The van der Waals surface area contributed by atoms with Gasteiger partial charge in [0.05, 0.1) is 7.11 Å². The summed E-state index contributed by atoms with van der Waals surface area (Å²) in [5.41, 5.74) is 4.81. The highest BCUT2D eigenvalue weighted by Crippen LogP contribution is 2.34. The zero-order valence-electron chi connectivity index (χ0n) is 16.9. The van der Waals surface area contributed by atoms with Gasteiger partial charge in [-0.05, 0) is 49.2 Å². The van der Waals surface area contributed by atoms with E-state index in [0.29, 0.717) is 30.0 Å². The Hall–Kier alpha value is -3.27. The number of methoxy groups -OCH3 is 1. The van der Waals surface area contributed by atoms with Crippen molar-refractivity contribution >= 4 is 5.69 Å². The fourth-order valence-electron chi connectivity index (χ4n) is 3.09. The average Bonchev–Trinajstić information content (AvgIpc) is 2.73. The highest BCUT2D eigenvalue weighted by atomic mass is 19.1. The molecule has 0 aliphatic rings. The van der Waals surface area contributed by atoms with Gasteiger partial charge in [0.2, 0.25) is 0 Å². The van der Waals surface area contributed by atoms with Crippen molar-refractivity contribution in [2.24, 2.45) is 0 Å². The quantitative estimate of drug-likeness (QED) is 0.450. The molecular weight excluding hydrogens is 365 g/mol. The molecule has 0 saturated heterocycles. The first-order chi connectivity index (χ1) is 14.1. The minimum absolute atomic E-state index is 0.133. The van der Waals surface area contributed by atoms with Gasteiger partial charge in [-0.15, -0.1) is 6.58 Å². The summed E-state index contributed by atoms with van der Waals surface area (Å²) in [6.07, 6.45) is 2.45. The summed E-state index contributed by atoms with van der Waals surface area (Å²) in [5, 5.41) is 3.42. The minimum atomic E-state index is -0.282. The van der Waals surface area contributed by atoms with Crippen molar-refractivity contribution in [1.29, 1.82) is 0 Å². The Morgan fingerprint density at radius 2 is 1.79 bits per heavy atom. The third kappa shape index (κ3) is 5.38. The molecule has 0 unspecified atom stereocenters. The number of hydrogen-bond donors (Lipinski definition) is 1. The molecule has 0 radical (unpaired) electrons. The average molecular weight is 391 g/mol. The predicted octanol–water partition coefficient (Wildman–Crippen LogP) is 6.06. The number of anilines is 1. The lowest BCUT2D eigenvalue weighted by molar-refractivity contribution is 0.277. The fourth-order valence-corrected chi connectivity index (χ4v) is 3.09. The van der Waals surface area contributed by atoms with Crippen molar-refractivity contribution in [3.8, 4) is 11.5 Å². The highest BCUT2D eigenvalue weighted by molar-refractivity contribution is 5.52. The molecule has 3 aromatic rings. The van der Waals surface area contributed by atoms with Gasteiger partial charge >= 0.3 is 0 Å². The minimum Gasteiger partial charge on any atom is -0.493 e. The molecule has 0 aliphatic heterocycles. The van der Waals surface area contributed by atoms with Crippen molar-refractivity contribution in [3.05, 3.63) is 101 Å². The second-order valence-corrected chi connectivity index (χ2v) is 6.88. The Bertz CT molecular complexity index is 967. The number of benzene rings is 3. The van der Waals surface area contributed by atoms with E-state index in [-0.39, 0.29) is 12.4 Å². The van der Waals surface area contributed by atoms with Gasteiger partial charge in [0, 0.05) is 23.4 Å². The first-order valence-corrected chi connectivity index (χ1v) is 9.58. The standard InChI is InChI=1S/C25H26FNO2/c1-4-7-20-14-19(16-27-22-12-10-18(2)11-13-22)15-24(28-3)25(20)29-17-21-8-5-6-9-23(21)26/h4-6,8-15,27H,1,7,16-17H2,2-3H3. The lowest BCUT2D eigenvalue weighted by Crippen LogP contribution is -2.05.